The number of carbonyl (C=O) groups excluding carboxylic acids is 2. The summed E-state index contributed by atoms with van der Waals surface area (Å²) in [6, 6.07) is 12.7. The SMILES string of the molecule is O=C(COC(=O)c1ccccc1F)NCCc1ccc(Cl)cc1. The van der Waals surface area contributed by atoms with E-state index in [-0.39, 0.29) is 5.56 Å². The van der Waals surface area contributed by atoms with Crippen molar-refractivity contribution >= 4 is 23.5 Å². The molecule has 0 heterocycles. The highest BCUT2D eigenvalue weighted by Gasteiger charge is 2.13. The number of halogens is 2. The van der Waals surface area contributed by atoms with Crippen LogP contribution in [0.15, 0.2) is 48.5 Å². The van der Waals surface area contributed by atoms with E-state index in [1.807, 2.05) is 12.1 Å². The van der Waals surface area contributed by atoms with Crippen molar-refractivity contribution in [2.75, 3.05) is 13.2 Å². The Hall–Kier alpha value is -2.40. The molecule has 0 fully saturated rings. The summed E-state index contributed by atoms with van der Waals surface area (Å²) in [5.74, 6) is -1.99. The Morgan fingerprint density at radius 2 is 1.78 bits per heavy atom. The predicted molar refractivity (Wildman–Crippen MR) is 84.8 cm³/mol. The zero-order valence-corrected chi connectivity index (χ0v) is 13.0. The van der Waals surface area contributed by atoms with Gasteiger partial charge in [0, 0.05) is 11.6 Å². The molecule has 0 radical (unpaired) electrons. The normalized spacial score (nSPS) is 10.2. The van der Waals surface area contributed by atoms with Gasteiger partial charge in [-0.2, -0.15) is 0 Å². The van der Waals surface area contributed by atoms with Gasteiger partial charge in [-0.05, 0) is 36.2 Å². The van der Waals surface area contributed by atoms with Crippen LogP contribution in [-0.2, 0) is 16.0 Å². The van der Waals surface area contributed by atoms with Crippen molar-refractivity contribution in [1.29, 1.82) is 0 Å². The second kappa shape index (κ2) is 8.29. The Balaban J connectivity index is 1.72. The minimum absolute atomic E-state index is 0.193. The number of ether oxygens (including phenoxy) is 1. The lowest BCUT2D eigenvalue weighted by molar-refractivity contribution is -0.124. The first-order valence-corrected chi connectivity index (χ1v) is 7.37. The highest BCUT2D eigenvalue weighted by Crippen LogP contribution is 2.09. The van der Waals surface area contributed by atoms with Gasteiger partial charge in [-0.3, -0.25) is 4.79 Å². The third-order valence-electron chi connectivity index (χ3n) is 3.08. The molecule has 0 aliphatic heterocycles. The van der Waals surface area contributed by atoms with Gasteiger partial charge < -0.3 is 10.1 Å². The topological polar surface area (TPSA) is 55.4 Å². The van der Waals surface area contributed by atoms with Crippen LogP contribution >= 0.6 is 11.6 Å². The minimum atomic E-state index is -0.865. The van der Waals surface area contributed by atoms with Gasteiger partial charge in [0.05, 0.1) is 5.56 Å². The van der Waals surface area contributed by atoms with E-state index in [1.54, 1.807) is 12.1 Å². The van der Waals surface area contributed by atoms with E-state index in [0.717, 1.165) is 11.6 Å². The summed E-state index contributed by atoms with van der Waals surface area (Å²) in [7, 11) is 0. The van der Waals surface area contributed by atoms with Crippen molar-refractivity contribution in [1.82, 2.24) is 5.32 Å². The van der Waals surface area contributed by atoms with Gasteiger partial charge >= 0.3 is 5.97 Å². The zero-order chi connectivity index (χ0) is 16.7. The van der Waals surface area contributed by atoms with Crippen LogP contribution in [0.3, 0.4) is 0 Å². The molecule has 0 aromatic heterocycles. The number of nitrogens with one attached hydrogen (secondary N) is 1. The van der Waals surface area contributed by atoms with Gasteiger partial charge in [0.25, 0.3) is 5.91 Å². The summed E-state index contributed by atoms with van der Waals surface area (Å²) in [6.45, 7) is -0.0501. The fraction of sp³-hybridized carbons (Fsp3) is 0.176. The molecule has 2 aromatic rings. The third kappa shape index (κ3) is 5.38. The van der Waals surface area contributed by atoms with Crippen LogP contribution in [0.25, 0.3) is 0 Å². The molecule has 23 heavy (non-hydrogen) atoms. The smallest absolute Gasteiger partial charge is 0.341 e. The van der Waals surface area contributed by atoms with Crippen LogP contribution in [0.1, 0.15) is 15.9 Å². The van der Waals surface area contributed by atoms with Crippen LogP contribution in [0, 0.1) is 5.82 Å². The Morgan fingerprint density at radius 3 is 2.48 bits per heavy atom. The molecule has 0 unspecified atom stereocenters. The molecule has 1 amide bonds. The summed E-state index contributed by atoms with van der Waals surface area (Å²) in [5, 5.41) is 3.28. The molecule has 0 spiro atoms. The monoisotopic (exact) mass is 335 g/mol. The highest BCUT2D eigenvalue weighted by molar-refractivity contribution is 6.30. The van der Waals surface area contributed by atoms with Crippen molar-refractivity contribution in [3.05, 3.63) is 70.5 Å². The van der Waals surface area contributed by atoms with E-state index in [2.05, 4.69) is 5.32 Å². The molecule has 4 nitrogen and oxygen atoms in total. The first-order chi connectivity index (χ1) is 11.1. The van der Waals surface area contributed by atoms with Gasteiger partial charge in [-0.25, -0.2) is 9.18 Å². The second-order valence-corrected chi connectivity index (χ2v) is 5.22. The molecule has 2 rings (SSSR count). The van der Waals surface area contributed by atoms with Crippen LogP contribution in [0.2, 0.25) is 5.02 Å². The number of hydrogen-bond donors (Lipinski definition) is 1. The van der Waals surface area contributed by atoms with Gasteiger partial charge in [-0.15, -0.1) is 0 Å². The fourth-order valence-electron chi connectivity index (χ4n) is 1.88. The van der Waals surface area contributed by atoms with Crippen molar-refractivity contribution in [2.24, 2.45) is 0 Å². The second-order valence-electron chi connectivity index (χ2n) is 4.78. The van der Waals surface area contributed by atoms with E-state index >= 15 is 0 Å². The van der Waals surface area contributed by atoms with Gasteiger partial charge in [0.2, 0.25) is 0 Å². The minimum Gasteiger partial charge on any atom is -0.452 e. The fourth-order valence-corrected chi connectivity index (χ4v) is 2.01. The predicted octanol–water partition coefficient (Wildman–Crippen LogP) is 2.99. The van der Waals surface area contributed by atoms with Crippen molar-refractivity contribution in [3.63, 3.8) is 0 Å². The number of benzene rings is 2. The van der Waals surface area contributed by atoms with Crippen molar-refractivity contribution in [3.8, 4) is 0 Å². The molecular formula is C17H15ClFNO3. The number of carbonyl (C=O) groups is 2. The van der Waals surface area contributed by atoms with Gasteiger partial charge in [-0.1, -0.05) is 35.9 Å². The molecule has 0 aliphatic rings. The summed E-state index contributed by atoms with van der Waals surface area (Å²) < 4.78 is 18.2. The number of rotatable bonds is 6. The van der Waals surface area contributed by atoms with Crippen LogP contribution in [0.4, 0.5) is 4.39 Å². The maximum absolute atomic E-state index is 13.4. The average Bonchev–Trinajstić information content (AvgIpc) is 2.55. The Kier molecular flexibility index (Phi) is 6.11. The van der Waals surface area contributed by atoms with Gasteiger partial charge in [0.15, 0.2) is 6.61 Å². The molecule has 0 saturated heterocycles. The lowest BCUT2D eigenvalue weighted by Gasteiger charge is -2.07. The molecule has 0 saturated carbocycles. The van der Waals surface area contributed by atoms with Crippen LogP contribution in [-0.4, -0.2) is 25.0 Å². The van der Waals surface area contributed by atoms with E-state index < -0.39 is 24.3 Å². The van der Waals surface area contributed by atoms with E-state index in [4.69, 9.17) is 16.3 Å². The molecule has 1 N–H and O–H groups in total. The molecule has 2 aromatic carbocycles. The maximum atomic E-state index is 13.4. The summed E-state index contributed by atoms with van der Waals surface area (Å²) in [5.41, 5.74) is 0.833. The van der Waals surface area contributed by atoms with Crippen LogP contribution < -0.4 is 5.32 Å². The van der Waals surface area contributed by atoms with Crippen molar-refractivity contribution < 1.29 is 18.7 Å². The van der Waals surface area contributed by atoms with E-state index in [9.17, 15) is 14.0 Å². The zero-order valence-electron chi connectivity index (χ0n) is 12.2. The molecule has 6 heteroatoms. The first-order valence-electron chi connectivity index (χ1n) is 6.99. The molecular weight excluding hydrogens is 321 g/mol. The van der Waals surface area contributed by atoms with E-state index in [0.29, 0.717) is 18.0 Å². The van der Waals surface area contributed by atoms with Gasteiger partial charge in [0.1, 0.15) is 5.82 Å². The molecule has 0 bridgehead atoms. The Morgan fingerprint density at radius 1 is 1.09 bits per heavy atom. The molecule has 0 aliphatic carbocycles. The lowest BCUT2D eigenvalue weighted by Crippen LogP contribution is -2.30. The number of esters is 1. The largest absolute Gasteiger partial charge is 0.452 e. The highest BCUT2D eigenvalue weighted by atomic mass is 35.5. The third-order valence-corrected chi connectivity index (χ3v) is 3.33. The number of amides is 1. The van der Waals surface area contributed by atoms with E-state index in [1.165, 1.54) is 18.2 Å². The Bertz CT molecular complexity index is 688. The molecule has 120 valence electrons. The van der Waals surface area contributed by atoms with Crippen LogP contribution in [0.5, 0.6) is 0 Å². The summed E-state index contributed by atoms with van der Waals surface area (Å²) in [4.78, 5) is 23.2. The first kappa shape index (κ1) is 17.0. The summed E-state index contributed by atoms with van der Waals surface area (Å²) in [6.07, 6.45) is 0.629. The molecule has 0 atom stereocenters. The summed E-state index contributed by atoms with van der Waals surface area (Å²) >= 11 is 5.78. The quantitative estimate of drug-likeness (QED) is 0.826. The lowest BCUT2D eigenvalue weighted by atomic mass is 10.1. The Labute approximate surface area is 138 Å². The standard InChI is InChI=1S/C17H15ClFNO3/c18-13-7-5-12(6-8-13)9-10-20-16(21)11-23-17(22)14-3-1-2-4-15(14)19/h1-8H,9-11H2,(H,20,21). The maximum Gasteiger partial charge on any atom is 0.341 e. The average molecular weight is 336 g/mol. The number of hydrogen-bond acceptors (Lipinski definition) is 3. The van der Waals surface area contributed by atoms with Crippen molar-refractivity contribution in [2.45, 2.75) is 6.42 Å².